The molecule has 0 unspecified atom stereocenters. The van der Waals surface area contributed by atoms with Gasteiger partial charge >= 0.3 is 0 Å². The molecular weight excluding hydrogens is 545 g/mol. The number of hydrogen-bond donors (Lipinski definition) is 1. The van der Waals surface area contributed by atoms with E-state index >= 15 is 0 Å². The fourth-order valence-corrected chi connectivity index (χ4v) is 5.42. The smallest absolute Gasteiger partial charge is 0.252 e. The van der Waals surface area contributed by atoms with E-state index in [1.807, 2.05) is 6.92 Å². The van der Waals surface area contributed by atoms with Crippen LogP contribution in [0.4, 0.5) is 24.7 Å². The molecule has 40 heavy (non-hydrogen) atoms. The molecule has 1 aliphatic heterocycles. The molecule has 1 saturated heterocycles. The maximum absolute atomic E-state index is 14.5. The van der Waals surface area contributed by atoms with E-state index < -0.39 is 54.5 Å². The van der Waals surface area contributed by atoms with Gasteiger partial charge in [-0.15, -0.1) is 0 Å². The Morgan fingerprint density at radius 1 is 1.12 bits per heavy atom. The Morgan fingerprint density at radius 2 is 1.88 bits per heavy atom. The molecule has 7 nitrogen and oxygen atoms in total. The highest BCUT2D eigenvalue weighted by molar-refractivity contribution is 6.31. The summed E-state index contributed by atoms with van der Waals surface area (Å²) in [5, 5.41) is 2.76. The second-order valence-electron chi connectivity index (χ2n) is 10.1. The summed E-state index contributed by atoms with van der Waals surface area (Å²) in [7, 11) is 0. The summed E-state index contributed by atoms with van der Waals surface area (Å²) < 4.78 is 41.6. The second-order valence-corrected chi connectivity index (χ2v) is 10.5. The first-order valence-corrected chi connectivity index (χ1v) is 13.2. The first-order chi connectivity index (χ1) is 19.0. The molecule has 2 heterocycles. The van der Waals surface area contributed by atoms with Crippen molar-refractivity contribution in [1.82, 2.24) is 10.3 Å². The minimum Gasteiger partial charge on any atom is -0.351 e. The lowest BCUT2D eigenvalue weighted by Gasteiger charge is -2.39. The maximum Gasteiger partial charge on any atom is 0.252 e. The first-order valence-electron chi connectivity index (χ1n) is 12.8. The van der Waals surface area contributed by atoms with Gasteiger partial charge in [0, 0.05) is 47.8 Å². The van der Waals surface area contributed by atoms with Crippen LogP contribution in [-0.4, -0.2) is 40.7 Å². The van der Waals surface area contributed by atoms with Crippen molar-refractivity contribution in [2.45, 2.75) is 56.7 Å². The number of anilines is 2. The molecule has 0 bridgehead atoms. The third-order valence-electron chi connectivity index (χ3n) is 7.11. The maximum atomic E-state index is 14.5. The van der Waals surface area contributed by atoms with E-state index in [-0.39, 0.29) is 40.8 Å². The molecule has 0 radical (unpaired) electrons. The molecule has 2 aromatic carbocycles. The number of rotatable bonds is 7. The van der Waals surface area contributed by atoms with E-state index in [1.165, 1.54) is 35.4 Å². The van der Waals surface area contributed by atoms with Crippen molar-refractivity contribution in [1.29, 1.82) is 0 Å². The minimum atomic E-state index is -2.89. The van der Waals surface area contributed by atoms with Crippen LogP contribution in [-0.2, 0) is 14.4 Å². The summed E-state index contributed by atoms with van der Waals surface area (Å²) in [4.78, 5) is 47.9. The van der Waals surface area contributed by atoms with Crippen LogP contribution in [0, 0.1) is 12.7 Å². The summed E-state index contributed by atoms with van der Waals surface area (Å²) in [6, 6.07) is 11.6. The first kappa shape index (κ1) is 27.6. The van der Waals surface area contributed by atoms with Gasteiger partial charge in [0.05, 0.1) is 0 Å². The molecule has 2 atom stereocenters. The highest BCUT2D eigenvalue weighted by Crippen LogP contribution is 2.39. The monoisotopic (exact) mass is 570 g/mol. The van der Waals surface area contributed by atoms with Gasteiger partial charge in [0.2, 0.25) is 11.8 Å². The average Bonchev–Trinajstić information content (AvgIpc) is 3.27. The van der Waals surface area contributed by atoms with Crippen LogP contribution in [0.2, 0.25) is 5.02 Å². The van der Waals surface area contributed by atoms with Crippen molar-refractivity contribution in [2.75, 3.05) is 9.80 Å². The van der Waals surface area contributed by atoms with E-state index in [0.29, 0.717) is 0 Å². The Morgan fingerprint density at radius 3 is 2.55 bits per heavy atom. The number of carbonyl (C=O) groups excluding carboxylic acids is 3. The summed E-state index contributed by atoms with van der Waals surface area (Å²) in [6.45, 7) is 1.82. The number of nitrogens with zero attached hydrogens (tertiary/aromatic N) is 3. The van der Waals surface area contributed by atoms with Crippen LogP contribution in [0.1, 0.15) is 42.9 Å². The molecular formula is C29H26ClF3N4O3. The molecule has 3 aromatic rings. The molecule has 1 saturated carbocycles. The number of pyridine rings is 1. The highest BCUT2D eigenvalue weighted by Gasteiger charge is 2.48. The Bertz CT molecular complexity index is 1460. The number of benzene rings is 2. The Balaban J connectivity index is 1.60. The van der Waals surface area contributed by atoms with Crippen molar-refractivity contribution >= 4 is 40.8 Å². The van der Waals surface area contributed by atoms with E-state index in [2.05, 4.69) is 10.3 Å². The number of carbonyl (C=O) groups is 3. The normalized spacial score (nSPS) is 19.2. The Hall–Kier alpha value is -3.92. The summed E-state index contributed by atoms with van der Waals surface area (Å²) >= 11 is 6.50. The van der Waals surface area contributed by atoms with Gasteiger partial charge < -0.3 is 5.32 Å². The largest absolute Gasteiger partial charge is 0.351 e. The van der Waals surface area contributed by atoms with Crippen LogP contribution >= 0.6 is 11.6 Å². The Labute approximate surface area is 233 Å². The summed E-state index contributed by atoms with van der Waals surface area (Å²) in [5.74, 6) is -5.02. The zero-order chi connectivity index (χ0) is 28.6. The lowest BCUT2D eigenvalue weighted by Crippen LogP contribution is -2.56. The van der Waals surface area contributed by atoms with Crippen LogP contribution in [0.5, 0.6) is 0 Å². The van der Waals surface area contributed by atoms with Gasteiger partial charge in [-0.2, -0.15) is 0 Å². The van der Waals surface area contributed by atoms with Crippen molar-refractivity contribution in [2.24, 2.45) is 0 Å². The van der Waals surface area contributed by atoms with Crippen molar-refractivity contribution in [3.8, 4) is 0 Å². The zero-order valence-electron chi connectivity index (χ0n) is 21.5. The standard InChI is InChI=1S/C29H26ClF3N4O3/c1-17-11-12-34-24(13-17)37-23(9-10-25(37)38)28(40)36(20-6-4-5-18(31)14-20)26(21-7-2-3-8-22(21)30)27(39)35-19-15-29(32,33)16-19/h2-8,11-14,19,23,26H,9-10,15-16H2,1H3,(H,35,39)/t23-,26-/m0/s1. The Kier molecular flexibility index (Phi) is 7.55. The lowest BCUT2D eigenvalue weighted by atomic mass is 9.87. The van der Waals surface area contributed by atoms with Gasteiger partial charge in [0.1, 0.15) is 23.7 Å². The number of alkyl halides is 2. The molecule has 11 heteroatoms. The number of aromatic nitrogens is 1. The predicted molar refractivity (Wildman–Crippen MR) is 144 cm³/mol. The third-order valence-corrected chi connectivity index (χ3v) is 7.46. The van der Waals surface area contributed by atoms with Gasteiger partial charge in [-0.1, -0.05) is 35.9 Å². The summed E-state index contributed by atoms with van der Waals surface area (Å²) in [6.07, 6.45) is 0.641. The zero-order valence-corrected chi connectivity index (χ0v) is 22.2. The number of aryl methyl sites for hydroxylation is 1. The number of hydrogen-bond acceptors (Lipinski definition) is 4. The van der Waals surface area contributed by atoms with E-state index in [1.54, 1.807) is 30.3 Å². The van der Waals surface area contributed by atoms with E-state index in [4.69, 9.17) is 11.6 Å². The SMILES string of the molecule is Cc1ccnc(N2C(=O)CC[C@H]2C(=O)N(c2cccc(F)c2)[C@H](C(=O)NC2CC(F)(F)C2)c2ccccc2Cl)c1. The molecule has 2 fully saturated rings. The van der Waals surface area contributed by atoms with Crippen molar-refractivity contribution < 1.29 is 27.6 Å². The van der Waals surface area contributed by atoms with Crippen LogP contribution < -0.4 is 15.1 Å². The number of amides is 3. The average molecular weight is 571 g/mol. The second kappa shape index (κ2) is 10.9. The molecule has 208 valence electrons. The van der Waals surface area contributed by atoms with Gasteiger partial charge in [0.25, 0.3) is 11.8 Å². The fourth-order valence-electron chi connectivity index (χ4n) is 5.18. The van der Waals surface area contributed by atoms with Gasteiger partial charge in [-0.3, -0.25) is 24.2 Å². The quantitative estimate of drug-likeness (QED) is 0.414. The van der Waals surface area contributed by atoms with E-state index in [9.17, 15) is 27.6 Å². The fraction of sp³-hybridized carbons (Fsp3) is 0.310. The molecule has 1 aromatic heterocycles. The lowest BCUT2D eigenvalue weighted by molar-refractivity contribution is -0.133. The van der Waals surface area contributed by atoms with Crippen LogP contribution in [0.3, 0.4) is 0 Å². The molecule has 2 aliphatic rings. The summed E-state index contributed by atoms with van der Waals surface area (Å²) in [5.41, 5.74) is 1.08. The molecule has 3 amide bonds. The topological polar surface area (TPSA) is 82.6 Å². The van der Waals surface area contributed by atoms with Crippen LogP contribution in [0.25, 0.3) is 0 Å². The third kappa shape index (κ3) is 5.54. The minimum absolute atomic E-state index is 0.0421. The molecule has 1 aliphatic carbocycles. The van der Waals surface area contributed by atoms with Crippen LogP contribution in [0.15, 0.2) is 66.9 Å². The van der Waals surface area contributed by atoms with Crippen molar-refractivity contribution in [3.05, 3.63) is 88.8 Å². The molecule has 1 N–H and O–H groups in total. The van der Waals surface area contributed by atoms with E-state index in [0.717, 1.165) is 16.5 Å². The van der Waals surface area contributed by atoms with Crippen molar-refractivity contribution in [3.63, 3.8) is 0 Å². The molecule has 0 spiro atoms. The number of nitrogens with one attached hydrogen (secondary N) is 1. The molecule has 5 rings (SSSR count). The van der Waals surface area contributed by atoms with Gasteiger partial charge in [0.15, 0.2) is 0 Å². The predicted octanol–water partition coefficient (Wildman–Crippen LogP) is 5.37. The van der Waals surface area contributed by atoms with Gasteiger partial charge in [-0.05, 0) is 55.3 Å². The van der Waals surface area contributed by atoms with Gasteiger partial charge in [-0.25, -0.2) is 18.2 Å². The number of halogens is 4. The highest BCUT2D eigenvalue weighted by atomic mass is 35.5.